The molecule has 2 heterocycles. The fraction of sp³-hybridized carbons (Fsp3) is 0.276. The molecule has 1 unspecified atom stereocenters. The molecule has 2 aromatic carbocycles. The smallest absolute Gasteiger partial charge is 0.295 e. The molecule has 0 radical (unpaired) electrons. The van der Waals surface area contributed by atoms with Gasteiger partial charge in [0.05, 0.1) is 32.4 Å². The van der Waals surface area contributed by atoms with Gasteiger partial charge >= 0.3 is 0 Å². The number of likely N-dealkylation sites (tertiary alicyclic amines) is 1. The number of aliphatic hydroxyl groups excluding tert-OH is 1. The number of pyridine rings is 1. The fourth-order valence-corrected chi connectivity index (χ4v) is 4.30. The summed E-state index contributed by atoms with van der Waals surface area (Å²) >= 11 is 0. The number of Topliss-reactive ketones (excluding diaryl/α,β-unsaturated/α-hetero) is 1. The van der Waals surface area contributed by atoms with Crippen molar-refractivity contribution in [2.24, 2.45) is 0 Å². The van der Waals surface area contributed by atoms with Gasteiger partial charge in [0.25, 0.3) is 11.7 Å². The lowest BCUT2D eigenvalue weighted by Gasteiger charge is -2.26. The number of aromatic nitrogens is 1. The largest absolute Gasteiger partial charge is 0.507 e. The van der Waals surface area contributed by atoms with Crippen molar-refractivity contribution >= 4 is 17.4 Å². The van der Waals surface area contributed by atoms with E-state index in [0.29, 0.717) is 35.0 Å². The molecule has 1 amide bonds. The minimum atomic E-state index is -0.849. The van der Waals surface area contributed by atoms with Crippen LogP contribution in [-0.2, 0) is 16.1 Å². The standard InChI is InChI=1S/C29H30N2O6/c1-4-5-15-37-23-10-9-20(17-24(23)36-3)26-25(27(32)21-7-6-8-22(16-21)35-2)28(33)29(34)31(26)18-19-11-13-30-14-12-19/h6-14,16-17,26,32H,4-5,15,18H2,1-3H3. The number of rotatable bonds is 10. The molecule has 0 bridgehead atoms. The number of aliphatic hydroxyl groups is 1. The summed E-state index contributed by atoms with van der Waals surface area (Å²) in [5, 5.41) is 11.3. The Balaban J connectivity index is 1.84. The molecule has 1 N–H and O–H groups in total. The normalized spacial score (nSPS) is 16.6. The Kier molecular flexibility index (Phi) is 8.08. The van der Waals surface area contributed by atoms with E-state index >= 15 is 0 Å². The van der Waals surface area contributed by atoms with E-state index in [2.05, 4.69) is 11.9 Å². The third-order valence-electron chi connectivity index (χ3n) is 6.24. The maximum Gasteiger partial charge on any atom is 0.295 e. The molecule has 0 aliphatic carbocycles. The van der Waals surface area contributed by atoms with E-state index in [1.165, 1.54) is 19.1 Å². The second-order valence-corrected chi connectivity index (χ2v) is 8.63. The number of amides is 1. The average Bonchev–Trinajstić information content (AvgIpc) is 3.18. The molecule has 1 aliphatic rings. The van der Waals surface area contributed by atoms with Crippen LogP contribution in [0.2, 0.25) is 0 Å². The third-order valence-corrected chi connectivity index (χ3v) is 6.24. The zero-order chi connectivity index (χ0) is 26.4. The van der Waals surface area contributed by atoms with Gasteiger partial charge in [-0.15, -0.1) is 0 Å². The summed E-state index contributed by atoms with van der Waals surface area (Å²) in [5.74, 6) is -0.179. The van der Waals surface area contributed by atoms with Gasteiger partial charge in [-0.05, 0) is 53.9 Å². The van der Waals surface area contributed by atoms with Crippen LogP contribution in [0, 0.1) is 0 Å². The number of carbonyl (C=O) groups excluding carboxylic acids is 2. The van der Waals surface area contributed by atoms with Gasteiger partial charge in [-0.2, -0.15) is 0 Å². The molecule has 37 heavy (non-hydrogen) atoms. The third kappa shape index (κ3) is 5.43. The highest BCUT2D eigenvalue weighted by Gasteiger charge is 2.46. The first-order chi connectivity index (χ1) is 18.0. The highest BCUT2D eigenvalue weighted by molar-refractivity contribution is 6.46. The van der Waals surface area contributed by atoms with Crippen LogP contribution < -0.4 is 14.2 Å². The van der Waals surface area contributed by atoms with Crippen LogP contribution in [-0.4, -0.2) is 47.5 Å². The molecule has 4 rings (SSSR count). The van der Waals surface area contributed by atoms with Gasteiger partial charge in [0.15, 0.2) is 11.5 Å². The number of carbonyl (C=O) groups is 2. The van der Waals surface area contributed by atoms with Gasteiger partial charge in [0, 0.05) is 24.5 Å². The van der Waals surface area contributed by atoms with E-state index < -0.39 is 17.7 Å². The molecule has 1 atom stereocenters. The van der Waals surface area contributed by atoms with E-state index in [4.69, 9.17) is 14.2 Å². The van der Waals surface area contributed by atoms with Gasteiger partial charge in [-0.1, -0.05) is 31.5 Å². The molecule has 0 spiro atoms. The lowest BCUT2D eigenvalue weighted by atomic mass is 9.94. The first-order valence-corrected chi connectivity index (χ1v) is 12.1. The first-order valence-electron chi connectivity index (χ1n) is 12.1. The van der Waals surface area contributed by atoms with Crippen molar-refractivity contribution in [3.05, 3.63) is 89.3 Å². The Morgan fingerprint density at radius 2 is 1.78 bits per heavy atom. The molecule has 8 nitrogen and oxygen atoms in total. The van der Waals surface area contributed by atoms with Crippen molar-refractivity contribution in [2.45, 2.75) is 32.4 Å². The Labute approximate surface area is 216 Å². The number of hydrogen-bond acceptors (Lipinski definition) is 7. The zero-order valence-electron chi connectivity index (χ0n) is 21.1. The molecule has 192 valence electrons. The Bertz CT molecular complexity index is 1300. The van der Waals surface area contributed by atoms with Crippen molar-refractivity contribution in [2.75, 3.05) is 20.8 Å². The van der Waals surface area contributed by atoms with E-state index in [1.807, 2.05) is 0 Å². The van der Waals surface area contributed by atoms with Gasteiger partial charge in [0.2, 0.25) is 0 Å². The van der Waals surface area contributed by atoms with Crippen molar-refractivity contribution in [3.8, 4) is 17.2 Å². The molecule has 1 aliphatic heterocycles. The topological polar surface area (TPSA) is 98.2 Å². The fourth-order valence-electron chi connectivity index (χ4n) is 4.30. The summed E-state index contributed by atoms with van der Waals surface area (Å²) in [6, 6.07) is 14.7. The lowest BCUT2D eigenvalue weighted by Crippen LogP contribution is -2.29. The maximum absolute atomic E-state index is 13.3. The van der Waals surface area contributed by atoms with Gasteiger partial charge < -0.3 is 24.2 Å². The van der Waals surface area contributed by atoms with Gasteiger partial charge in [-0.3, -0.25) is 14.6 Å². The maximum atomic E-state index is 13.3. The number of nitrogens with zero attached hydrogens (tertiary/aromatic N) is 2. The molecule has 1 saturated heterocycles. The zero-order valence-corrected chi connectivity index (χ0v) is 21.1. The minimum absolute atomic E-state index is 0.00554. The SMILES string of the molecule is CCCCOc1ccc(C2C(=C(O)c3cccc(OC)c3)C(=O)C(=O)N2Cc2ccncc2)cc1OC. The van der Waals surface area contributed by atoms with E-state index in [9.17, 15) is 14.7 Å². The average molecular weight is 503 g/mol. The number of unbranched alkanes of at least 4 members (excludes halogenated alkanes) is 1. The van der Waals surface area contributed by atoms with E-state index in [0.717, 1.165) is 18.4 Å². The van der Waals surface area contributed by atoms with Crippen LogP contribution in [0.5, 0.6) is 17.2 Å². The summed E-state index contributed by atoms with van der Waals surface area (Å²) in [6.45, 7) is 2.78. The molecule has 0 saturated carbocycles. The van der Waals surface area contributed by atoms with Crippen LogP contribution in [0.4, 0.5) is 0 Å². The van der Waals surface area contributed by atoms with Crippen LogP contribution >= 0.6 is 0 Å². The van der Waals surface area contributed by atoms with E-state index in [1.54, 1.807) is 67.0 Å². The first kappa shape index (κ1) is 25.8. The second-order valence-electron chi connectivity index (χ2n) is 8.63. The van der Waals surface area contributed by atoms with Crippen molar-refractivity contribution in [1.82, 2.24) is 9.88 Å². The number of hydrogen-bond donors (Lipinski definition) is 1. The van der Waals surface area contributed by atoms with Crippen LogP contribution in [0.3, 0.4) is 0 Å². The Morgan fingerprint density at radius 3 is 2.49 bits per heavy atom. The minimum Gasteiger partial charge on any atom is -0.507 e. The van der Waals surface area contributed by atoms with Crippen LogP contribution in [0.25, 0.3) is 5.76 Å². The predicted octanol–water partition coefficient (Wildman–Crippen LogP) is 4.90. The van der Waals surface area contributed by atoms with Gasteiger partial charge in [-0.25, -0.2) is 0 Å². The summed E-state index contributed by atoms with van der Waals surface area (Å²) in [4.78, 5) is 32.1. The summed E-state index contributed by atoms with van der Waals surface area (Å²) in [5.41, 5.74) is 1.78. The molecule has 3 aromatic rings. The molecular weight excluding hydrogens is 472 g/mol. The van der Waals surface area contributed by atoms with Crippen molar-refractivity contribution in [3.63, 3.8) is 0 Å². The molecular formula is C29H30N2O6. The molecule has 1 aromatic heterocycles. The number of ether oxygens (including phenoxy) is 3. The van der Waals surface area contributed by atoms with Gasteiger partial charge in [0.1, 0.15) is 11.5 Å². The van der Waals surface area contributed by atoms with Crippen molar-refractivity contribution < 1.29 is 28.9 Å². The summed E-state index contributed by atoms with van der Waals surface area (Å²) < 4.78 is 16.7. The summed E-state index contributed by atoms with van der Waals surface area (Å²) in [7, 11) is 3.05. The van der Waals surface area contributed by atoms with Crippen LogP contribution in [0.1, 0.15) is 42.5 Å². The van der Waals surface area contributed by atoms with Crippen molar-refractivity contribution in [1.29, 1.82) is 0 Å². The van der Waals surface area contributed by atoms with E-state index in [-0.39, 0.29) is 17.9 Å². The highest BCUT2D eigenvalue weighted by atomic mass is 16.5. The number of ketones is 1. The predicted molar refractivity (Wildman–Crippen MR) is 138 cm³/mol. The second kappa shape index (κ2) is 11.6. The Morgan fingerprint density at radius 1 is 1.00 bits per heavy atom. The number of benzene rings is 2. The monoisotopic (exact) mass is 502 g/mol. The summed E-state index contributed by atoms with van der Waals surface area (Å²) in [6.07, 6.45) is 5.15. The lowest BCUT2D eigenvalue weighted by molar-refractivity contribution is -0.140. The molecule has 1 fully saturated rings. The molecule has 8 heteroatoms. The number of methoxy groups -OCH3 is 2. The Hall–Kier alpha value is -4.33. The van der Waals surface area contributed by atoms with Crippen LogP contribution in [0.15, 0.2) is 72.6 Å². The quantitative estimate of drug-likeness (QED) is 0.182. The highest BCUT2D eigenvalue weighted by Crippen LogP contribution is 2.43.